The maximum Gasteiger partial charge on any atom is 0.194 e. The van der Waals surface area contributed by atoms with Gasteiger partial charge in [-0.2, -0.15) is 0 Å². The molecule has 6 nitrogen and oxygen atoms in total. The van der Waals surface area contributed by atoms with Gasteiger partial charge in [-0.25, -0.2) is 0 Å². The van der Waals surface area contributed by atoms with Gasteiger partial charge in [0.15, 0.2) is 5.96 Å². The van der Waals surface area contributed by atoms with Crippen LogP contribution in [0.2, 0.25) is 0 Å². The Balaban J connectivity index is 0.00000220. The third-order valence-corrected chi connectivity index (χ3v) is 3.40. The van der Waals surface area contributed by atoms with Crippen molar-refractivity contribution in [3.63, 3.8) is 0 Å². The summed E-state index contributed by atoms with van der Waals surface area (Å²) in [5.74, 6) is 0.810. The highest BCUT2D eigenvalue weighted by Gasteiger charge is 2.10. The zero-order chi connectivity index (χ0) is 14.5. The summed E-state index contributed by atoms with van der Waals surface area (Å²) >= 11 is 3.48. The number of nitrogens with zero attached hydrogens (tertiary/aromatic N) is 4. The topological polar surface area (TPSA) is 58.6 Å². The van der Waals surface area contributed by atoms with Gasteiger partial charge in [0.25, 0.3) is 0 Å². The number of hydrogen-bond acceptors (Lipinski definition) is 3. The Morgan fingerprint density at radius 3 is 2.86 bits per heavy atom. The van der Waals surface area contributed by atoms with Gasteiger partial charge in [-0.15, -0.1) is 24.0 Å². The number of aliphatic imine (C=N–C) groups is 1. The maximum atomic E-state index is 4.80. The van der Waals surface area contributed by atoms with Crippen LogP contribution in [0.15, 0.2) is 38.6 Å². The predicted octanol–water partition coefficient (Wildman–Crippen LogP) is 2.60. The monoisotopic (exact) mass is 467 g/mol. The van der Waals surface area contributed by atoms with E-state index in [1.54, 1.807) is 13.3 Å². The molecule has 0 aliphatic carbocycles. The largest absolute Gasteiger partial charge is 0.364 e. The van der Waals surface area contributed by atoms with Crippen molar-refractivity contribution in [1.29, 1.82) is 0 Å². The van der Waals surface area contributed by atoms with Gasteiger partial charge in [-0.05, 0) is 22.0 Å². The van der Waals surface area contributed by atoms with Crippen LogP contribution in [0.5, 0.6) is 0 Å². The fourth-order valence-electron chi connectivity index (χ4n) is 1.92. The minimum Gasteiger partial charge on any atom is -0.364 e. The third-order valence-electron chi connectivity index (χ3n) is 2.97. The van der Waals surface area contributed by atoms with E-state index >= 15 is 0 Å². The summed E-state index contributed by atoms with van der Waals surface area (Å²) in [7, 11) is 5.79. The van der Waals surface area contributed by atoms with E-state index in [1.165, 1.54) is 5.69 Å². The standard InChI is InChI=1S/C13H18BrN5O.HI/c1-15-13(16-7-11-4-5-20-17-11)19(3)9-12-6-10(14)8-18(12)2;/h4-6,8H,7,9H2,1-3H3,(H,15,16);1H. The summed E-state index contributed by atoms with van der Waals surface area (Å²) in [5, 5.41) is 7.11. The first-order valence-electron chi connectivity index (χ1n) is 6.22. The van der Waals surface area contributed by atoms with Gasteiger partial charge in [0.1, 0.15) is 12.0 Å². The Morgan fingerprint density at radius 2 is 2.33 bits per heavy atom. The van der Waals surface area contributed by atoms with E-state index in [-0.39, 0.29) is 24.0 Å². The fraction of sp³-hybridized carbons (Fsp3) is 0.385. The molecule has 0 aliphatic heterocycles. The Labute approximate surface area is 149 Å². The molecule has 0 saturated carbocycles. The lowest BCUT2D eigenvalue weighted by Gasteiger charge is -2.22. The van der Waals surface area contributed by atoms with Crippen LogP contribution in [0, 0.1) is 0 Å². The van der Waals surface area contributed by atoms with E-state index in [4.69, 9.17) is 4.52 Å². The first-order valence-corrected chi connectivity index (χ1v) is 7.01. The molecular formula is C13H19BrIN5O. The van der Waals surface area contributed by atoms with Crippen LogP contribution in [0.25, 0.3) is 0 Å². The summed E-state index contributed by atoms with van der Waals surface area (Å²) in [6, 6.07) is 3.93. The molecule has 0 spiro atoms. The highest BCUT2D eigenvalue weighted by atomic mass is 127. The Morgan fingerprint density at radius 1 is 1.57 bits per heavy atom. The Bertz CT molecular complexity index is 581. The molecule has 0 aliphatic rings. The molecule has 2 rings (SSSR count). The fourth-order valence-corrected chi connectivity index (χ4v) is 2.50. The second kappa shape index (κ2) is 8.42. The molecular weight excluding hydrogens is 449 g/mol. The molecule has 0 unspecified atom stereocenters. The summed E-state index contributed by atoms with van der Waals surface area (Å²) < 4.78 is 7.97. The summed E-state index contributed by atoms with van der Waals surface area (Å²) in [6.07, 6.45) is 3.60. The van der Waals surface area contributed by atoms with Gasteiger partial charge in [-0.1, -0.05) is 5.16 Å². The molecule has 0 fully saturated rings. The van der Waals surface area contributed by atoms with Crippen LogP contribution < -0.4 is 5.32 Å². The lowest BCUT2D eigenvalue weighted by Crippen LogP contribution is -2.38. The number of rotatable bonds is 4. The second-order valence-corrected chi connectivity index (χ2v) is 5.42. The normalized spacial score (nSPS) is 11.1. The smallest absolute Gasteiger partial charge is 0.194 e. The van der Waals surface area contributed by atoms with Crippen molar-refractivity contribution >= 4 is 45.9 Å². The van der Waals surface area contributed by atoms with Gasteiger partial charge >= 0.3 is 0 Å². The van der Waals surface area contributed by atoms with Crippen LogP contribution in [0.1, 0.15) is 11.4 Å². The second-order valence-electron chi connectivity index (χ2n) is 4.51. The number of aromatic nitrogens is 2. The van der Waals surface area contributed by atoms with Crippen LogP contribution in [0.3, 0.4) is 0 Å². The predicted molar refractivity (Wildman–Crippen MR) is 96.7 cm³/mol. The highest BCUT2D eigenvalue weighted by molar-refractivity contribution is 14.0. The van der Waals surface area contributed by atoms with Gasteiger partial charge in [0, 0.05) is 43.6 Å². The highest BCUT2D eigenvalue weighted by Crippen LogP contribution is 2.14. The molecule has 0 saturated heterocycles. The number of halogens is 2. The average Bonchev–Trinajstić information content (AvgIpc) is 3.01. The zero-order valence-electron chi connectivity index (χ0n) is 12.2. The van der Waals surface area contributed by atoms with Crippen molar-refractivity contribution in [1.82, 2.24) is 19.9 Å². The summed E-state index contributed by atoms with van der Waals surface area (Å²) in [6.45, 7) is 1.35. The number of nitrogens with one attached hydrogen (secondary N) is 1. The van der Waals surface area contributed by atoms with Crippen molar-refractivity contribution in [2.24, 2.45) is 12.0 Å². The average molecular weight is 468 g/mol. The molecule has 8 heteroatoms. The molecule has 0 atom stereocenters. The third kappa shape index (κ3) is 5.03. The first kappa shape index (κ1) is 18.0. The number of aryl methyl sites for hydroxylation is 1. The SMILES string of the molecule is CN=C(NCc1ccon1)N(C)Cc1cc(Br)cn1C.I. The Kier molecular flexibility index (Phi) is 7.23. The molecule has 2 heterocycles. The quantitative estimate of drug-likeness (QED) is 0.426. The van der Waals surface area contributed by atoms with Gasteiger partial charge < -0.3 is 19.3 Å². The lowest BCUT2D eigenvalue weighted by atomic mass is 10.4. The van der Waals surface area contributed by atoms with E-state index in [2.05, 4.69) is 46.9 Å². The Hall–Kier alpha value is -1.03. The zero-order valence-corrected chi connectivity index (χ0v) is 16.1. The van der Waals surface area contributed by atoms with E-state index in [9.17, 15) is 0 Å². The minimum atomic E-state index is 0. The molecule has 0 bridgehead atoms. The lowest BCUT2D eigenvalue weighted by molar-refractivity contribution is 0.408. The first-order chi connectivity index (χ1) is 9.60. The molecule has 21 heavy (non-hydrogen) atoms. The van der Waals surface area contributed by atoms with Crippen LogP contribution in [-0.2, 0) is 20.1 Å². The molecule has 116 valence electrons. The molecule has 1 N–H and O–H groups in total. The molecule has 0 aromatic carbocycles. The van der Waals surface area contributed by atoms with Crippen LogP contribution in [-0.4, -0.2) is 34.7 Å². The van der Waals surface area contributed by atoms with E-state index in [1.807, 2.05) is 26.4 Å². The van der Waals surface area contributed by atoms with Gasteiger partial charge in [0.2, 0.25) is 0 Å². The van der Waals surface area contributed by atoms with E-state index in [0.29, 0.717) is 6.54 Å². The number of guanidine groups is 1. The molecule has 0 radical (unpaired) electrons. The van der Waals surface area contributed by atoms with E-state index in [0.717, 1.165) is 22.7 Å². The van der Waals surface area contributed by atoms with Crippen LogP contribution in [0.4, 0.5) is 0 Å². The molecule has 0 amide bonds. The molecule has 2 aromatic heterocycles. The molecule has 2 aromatic rings. The van der Waals surface area contributed by atoms with Crippen molar-refractivity contribution < 1.29 is 4.52 Å². The van der Waals surface area contributed by atoms with E-state index < -0.39 is 0 Å². The summed E-state index contributed by atoms with van der Waals surface area (Å²) in [4.78, 5) is 6.33. The number of hydrogen-bond donors (Lipinski definition) is 1. The van der Waals surface area contributed by atoms with Crippen molar-refractivity contribution in [2.45, 2.75) is 13.1 Å². The van der Waals surface area contributed by atoms with Crippen molar-refractivity contribution in [3.05, 3.63) is 40.5 Å². The minimum absolute atomic E-state index is 0. The van der Waals surface area contributed by atoms with Crippen molar-refractivity contribution in [2.75, 3.05) is 14.1 Å². The van der Waals surface area contributed by atoms with Crippen LogP contribution >= 0.6 is 39.9 Å². The van der Waals surface area contributed by atoms with Gasteiger partial charge in [-0.3, -0.25) is 4.99 Å². The van der Waals surface area contributed by atoms with Gasteiger partial charge in [0.05, 0.1) is 13.1 Å². The summed E-state index contributed by atoms with van der Waals surface area (Å²) in [5.41, 5.74) is 2.05. The maximum absolute atomic E-state index is 4.80. The van der Waals surface area contributed by atoms with Crippen molar-refractivity contribution in [3.8, 4) is 0 Å².